The first kappa shape index (κ1) is 12.9. The van der Waals surface area contributed by atoms with Crippen molar-refractivity contribution in [2.24, 2.45) is 5.73 Å². The van der Waals surface area contributed by atoms with Crippen molar-refractivity contribution in [2.75, 3.05) is 11.1 Å². The van der Waals surface area contributed by atoms with Crippen LogP contribution in [0, 0.1) is 0 Å². The number of hydrogen-bond acceptors (Lipinski definition) is 3. The van der Waals surface area contributed by atoms with Crippen molar-refractivity contribution in [1.29, 1.82) is 0 Å². The molecule has 3 nitrogen and oxygen atoms in total. The summed E-state index contributed by atoms with van der Waals surface area (Å²) in [6, 6.07) is 8.25. The third kappa shape index (κ3) is 4.57. The first-order valence-electron chi connectivity index (χ1n) is 5.39. The highest BCUT2D eigenvalue weighted by molar-refractivity contribution is 7.99. The minimum atomic E-state index is -0.279. The number of rotatable bonds is 6. The van der Waals surface area contributed by atoms with Gasteiger partial charge in [0.05, 0.1) is 0 Å². The van der Waals surface area contributed by atoms with E-state index >= 15 is 0 Å². The molecule has 0 saturated carbocycles. The van der Waals surface area contributed by atoms with Gasteiger partial charge in [-0.1, -0.05) is 13.0 Å². The number of nitrogens with one attached hydrogen (secondary N) is 1. The molecule has 4 heteroatoms. The van der Waals surface area contributed by atoms with Crippen LogP contribution in [-0.2, 0) is 4.79 Å². The Labute approximate surface area is 101 Å². The van der Waals surface area contributed by atoms with E-state index in [0.717, 1.165) is 11.4 Å². The van der Waals surface area contributed by atoms with Gasteiger partial charge in [0.15, 0.2) is 0 Å². The van der Waals surface area contributed by atoms with E-state index in [9.17, 15) is 4.79 Å². The summed E-state index contributed by atoms with van der Waals surface area (Å²) in [6.07, 6.45) is 0.352. The minimum absolute atomic E-state index is 0.0689. The molecule has 88 valence electrons. The molecule has 0 heterocycles. The predicted molar refractivity (Wildman–Crippen MR) is 69.7 cm³/mol. The van der Waals surface area contributed by atoms with Gasteiger partial charge in [0.25, 0.3) is 0 Å². The lowest BCUT2D eigenvalue weighted by Gasteiger charge is -2.14. The molecule has 3 N–H and O–H groups in total. The fourth-order valence-corrected chi connectivity index (χ4v) is 2.20. The summed E-state index contributed by atoms with van der Waals surface area (Å²) in [5, 5.41) is 3.26. The van der Waals surface area contributed by atoms with Crippen molar-refractivity contribution >= 4 is 23.4 Å². The van der Waals surface area contributed by atoms with Crippen molar-refractivity contribution in [2.45, 2.75) is 31.2 Å². The summed E-state index contributed by atoms with van der Waals surface area (Å²) in [4.78, 5) is 12.0. The van der Waals surface area contributed by atoms with E-state index in [1.807, 2.05) is 19.1 Å². The normalized spacial score (nSPS) is 12.1. The van der Waals surface area contributed by atoms with Crippen LogP contribution in [0.2, 0.25) is 0 Å². The lowest BCUT2D eigenvalue weighted by atomic mass is 10.2. The second kappa shape index (κ2) is 6.43. The highest BCUT2D eigenvalue weighted by atomic mass is 32.2. The van der Waals surface area contributed by atoms with Crippen LogP contribution in [-0.4, -0.2) is 17.7 Å². The molecule has 0 saturated heterocycles. The number of thioether (sulfide) groups is 1. The summed E-state index contributed by atoms with van der Waals surface area (Å²) >= 11 is 1.80. The van der Waals surface area contributed by atoms with Crippen molar-refractivity contribution in [3.8, 4) is 0 Å². The number of carbonyl (C=O) groups is 1. The van der Waals surface area contributed by atoms with Crippen molar-refractivity contribution in [1.82, 2.24) is 0 Å². The fraction of sp³-hybridized carbons (Fsp3) is 0.417. The summed E-state index contributed by atoms with van der Waals surface area (Å²) in [6.45, 7) is 4.07. The van der Waals surface area contributed by atoms with E-state index in [4.69, 9.17) is 5.73 Å². The smallest absolute Gasteiger partial charge is 0.219 e. The van der Waals surface area contributed by atoms with Crippen LogP contribution >= 0.6 is 11.8 Å². The minimum Gasteiger partial charge on any atom is -0.382 e. The van der Waals surface area contributed by atoms with Gasteiger partial charge in [-0.2, -0.15) is 0 Å². The van der Waals surface area contributed by atoms with E-state index < -0.39 is 0 Å². The van der Waals surface area contributed by atoms with Crippen LogP contribution < -0.4 is 11.1 Å². The van der Waals surface area contributed by atoms with Gasteiger partial charge >= 0.3 is 0 Å². The summed E-state index contributed by atoms with van der Waals surface area (Å²) in [7, 11) is 0. The maximum absolute atomic E-state index is 10.7. The molecule has 0 spiro atoms. The Morgan fingerprint density at radius 2 is 2.31 bits per heavy atom. The molecule has 0 radical (unpaired) electrons. The topological polar surface area (TPSA) is 55.1 Å². The molecule has 0 bridgehead atoms. The van der Waals surface area contributed by atoms with E-state index in [0.29, 0.717) is 6.42 Å². The molecule has 1 rings (SSSR count). The second-order valence-corrected chi connectivity index (χ2v) is 5.01. The van der Waals surface area contributed by atoms with Gasteiger partial charge in [-0.15, -0.1) is 11.8 Å². The third-order valence-corrected chi connectivity index (χ3v) is 2.94. The van der Waals surface area contributed by atoms with Gasteiger partial charge < -0.3 is 11.1 Å². The second-order valence-electron chi connectivity index (χ2n) is 3.68. The van der Waals surface area contributed by atoms with Gasteiger partial charge in [-0.3, -0.25) is 4.79 Å². The lowest BCUT2D eigenvalue weighted by molar-refractivity contribution is -0.118. The van der Waals surface area contributed by atoms with Gasteiger partial charge in [0.2, 0.25) is 5.91 Å². The molecule has 1 amide bonds. The molecule has 1 unspecified atom stereocenters. The third-order valence-electron chi connectivity index (χ3n) is 2.07. The summed E-state index contributed by atoms with van der Waals surface area (Å²) in [5.74, 6) is 0.777. The zero-order valence-corrected chi connectivity index (χ0v) is 10.5. The van der Waals surface area contributed by atoms with Gasteiger partial charge in [-0.25, -0.2) is 0 Å². The summed E-state index contributed by atoms with van der Waals surface area (Å²) in [5.41, 5.74) is 6.18. The molecule has 0 aliphatic carbocycles. The van der Waals surface area contributed by atoms with E-state index in [2.05, 4.69) is 24.4 Å². The molecule has 0 aliphatic heterocycles. The van der Waals surface area contributed by atoms with E-state index in [-0.39, 0.29) is 11.9 Å². The maximum Gasteiger partial charge on any atom is 0.219 e. The van der Waals surface area contributed by atoms with Gasteiger partial charge in [0, 0.05) is 23.0 Å². The van der Waals surface area contributed by atoms with Crippen LogP contribution in [0.3, 0.4) is 0 Å². The van der Waals surface area contributed by atoms with Gasteiger partial charge in [-0.05, 0) is 30.9 Å². The zero-order valence-electron chi connectivity index (χ0n) is 9.69. The highest BCUT2D eigenvalue weighted by Gasteiger charge is 2.05. The number of carbonyl (C=O) groups excluding carboxylic acids is 1. The molecule has 1 aromatic rings. The number of nitrogens with two attached hydrogens (primary N) is 1. The van der Waals surface area contributed by atoms with Gasteiger partial charge in [0.1, 0.15) is 0 Å². The summed E-state index contributed by atoms with van der Waals surface area (Å²) < 4.78 is 0. The highest BCUT2D eigenvalue weighted by Crippen LogP contribution is 2.21. The van der Waals surface area contributed by atoms with Crippen molar-refractivity contribution in [3.63, 3.8) is 0 Å². The average Bonchev–Trinajstić information content (AvgIpc) is 2.17. The standard InChI is InChI=1S/C12H18N2OS/c1-3-16-11-6-4-5-10(8-11)14-9(2)7-12(13)15/h4-6,8-9,14H,3,7H2,1-2H3,(H2,13,15). The molecular formula is C12H18N2OS. The van der Waals surface area contributed by atoms with Crippen LogP contribution in [0.5, 0.6) is 0 Å². The SMILES string of the molecule is CCSc1cccc(NC(C)CC(N)=O)c1. The number of amides is 1. The molecule has 1 atom stereocenters. The number of primary amides is 1. The first-order valence-corrected chi connectivity index (χ1v) is 6.38. The molecule has 0 fully saturated rings. The van der Waals surface area contributed by atoms with Crippen LogP contribution in [0.25, 0.3) is 0 Å². The van der Waals surface area contributed by atoms with Crippen LogP contribution in [0.4, 0.5) is 5.69 Å². The van der Waals surface area contributed by atoms with E-state index in [1.54, 1.807) is 11.8 Å². The Kier molecular flexibility index (Phi) is 5.19. The van der Waals surface area contributed by atoms with Crippen LogP contribution in [0.1, 0.15) is 20.3 Å². The molecule has 0 aromatic heterocycles. The molecule has 1 aromatic carbocycles. The lowest BCUT2D eigenvalue weighted by Crippen LogP contribution is -2.23. The Hall–Kier alpha value is -1.16. The Bertz CT molecular complexity index is 355. The maximum atomic E-state index is 10.7. The van der Waals surface area contributed by atoms with E-state index in [1.165, 1.54) is 4.90 Å². The Balaban J connectivity index is 2.59. The Morgan fingerprint density at radius 1 is 1.56 bits per heavy atom. The molecule has 0 aliphatic rings. The quantitative estimate of drug-likeness (QED) is 0.749. The number of benzene rings is 1. The number of hydrogen-bond donors (Lipinski definition) is 2. The zero-order chi connectivity index (χ0) is 12.0. The fourth-order valence-electron chi connectivity index (χ4n) is 1.48. The predicted octanol–water partition coefficient (Wildman–Crippen LogP) is 2.47. The average molecular weight is 238 g/mol. The first-order chi connectivity index (χ1) is 7.61. The van der Waals surface area contributed by atoms with Crippen molar-refractivity contribution < 1.29 is 4.79 Å². The number of anilines is 1. The molecular weight excluding hydrogens is 220 g/mol. The monoisotopic (exact) mass is 238 g/mol. The van der Waals surface area contributed by atoms with Crippen molar-refractivity contribution in [3.05, 3.63) is 24.3 Å². The molecule has 16 heavy (non-hydrogen) atoms. The largest absolute Gasteiger partial charge is 0.382 e. The van der Waals surface area contributed by atoms with Crippen LogP contribution in [0.15, 0.2) is 29.2 Å². The Morgan fingerprint density at radius 3 is 2.94 bits per heavy atom.